The Morgan fingerprint density at radius 3 is 1.46 bits per heavy atom. The minimum atomic E-state index is -1.00. The summed E-state index contributed by atoms with van der Waals surface area (Å²) in [6.07, 6.45) is 0. The molecule has 0 saturated carbocycles. The molecule has 0 aliphatic rings. The highest BCUT2D eigenvalue weighted by Crippen LogP contribution is 2.18. The van der Waals surface area contributed by atoms with Gasteiger partial charge in [-0.05, 0) is 49.2 Å². The van der Waals surface area contributed by atoms with Gasteiger partial charge in [0.1, 0.15) is 0 Å². The molecule has 0 fully saturated rings. The summed E-state index contributed by atoms with van der Waals surface area (Å²) in [6, 6.07) is 4.96. The van der Waals surface area contributed by atoms with Crippen molar-refractivity contribution in [2.75, 3.05) is 0 Å². The quantitative estimate of drug-likeness (QED) is 0.798. The van der Waals surface area contributed by atoms with Gasteiger partial charge < -0.3 is 10.6 Å². The Morgan fingerprint density at radius 2 is 1.12 bits per heavy atom. The lowest BCUT2D eigenvalue weighted by molar-refractivity contribution is 0.235. The Hall–Kier alpha value is -2.57. The van der Waals surface area contributed by atoms with E-state index in [1.165, 1.54) is 12.1 Å². The standard InChI is InChI=1S/C17H16F4N2O/c1-9(11-3-5-13(18)15(20)7-11)22-17(24)23-10(2)12-4-6-14(19)16(21)8-12/h3-10H,1-2H3,(H2,22,23,24)/t9-,10-/m1/s1. The summed E-state index contributed by atoms with van der Waals surface area (Å²) >= 11 is 0. The lowest BCUT2D eigenvalue weighted by atomic mass is 10.1. The summed E-state index contributed by atoms with van der Waals surface area (Å²) in [5.74, 6) is -3.95. The Kier molecular flexibility index (Phi) is 5.43. The van der Waals surface area contributed by atoms with Crippen LogP contribution >= 0.6 is 0 Å². The number of hydrogen-bond acceptors (Lipinski definition) is 1. The van der Waals surface area contributed by atoms with Crippen molar-refractivity contribution in [1.82, 2.24) is 10.6 Å². The molecular formula is C17H16F4N2O. The van der Waals surface area contributed by atoms with E-state index in [1.807, 2.05) is 0 Å². The van der Waals surface area contributed by atoms with E-state index in [0.717, 1.165) is 24.3 Å². The number of amides is 2. The van der Waals surface area contributed by atoms with E-state index >= 15 is 0 Å². The summed E-state index contributed by atoms with van der Waals surface area (Å²) < 4.78 is 52.2. The fourth-order valence-electron chi connectivity index (χ4n) is 2.17. The van der Waals surface area contributed by atoms with E-state index in [0.29, 0.717) is 11.1 Å². The van der Waals surface area contributed by atoms with Gasteiger partial charge in [0.15, 0.2) is 23.3 Å². The Balaban J connectivity index is 1.98. The van der Waals surface area contributed by atoms with Gasteiger partial charge >= 0.3 is 6.03 Å². The molecule has 0 saturated heterocycles. The lowest BCUT2D eigenvalue weighted by Gasteiger charge is -2.19. The zero-order chi connectivity index (χ0) is 17.9. The Labute approximate surface area is 136 Å². The first kappa shape index (κ1) is 17.8. The average molecular weight is 340 g/mol. The molecule has 2 amide bonds. The highest BCUT2D eigenvalue weighted by atomic mass is 19.2. The summed E-state index contributed by atoms with van der Waals surface area (Å²) in [5, 5.41) is 5.13. The second-order valence-corrected chi connectivity index (χ2v) is 5.41. The molecule has 0 bridgehead atoms. The van der Waals surface area contributed by atoms with Gasteiger partial charge in [-0.15, -0.1) is 0 Å². The third-order valence-corrected chi connectivity index (χ3v) is 3.58. The number of halogens is 4. The highest BCUT2D eigenvalue weighted by Gasteiger charge is 2.15. The van der Waals surface area contributed by atoms with Crippen LogP contribution in [0.4, 0.5) is 22.4 Å². The largest absolute Gasteiger partial charge is 0.332 e. The van der Waals surface area contributed by atoms with Crippen molar-refractivity contribution >= 4 is 6.03 Å². The van der Waals surface area contributed by atoms with Crippen molar-refractivity contribution in [3.8, 4) is 0 Å². The van der Waals surface area contributed by atoms with Gasteiger partial charge in [0.2, 0.25) is 0 Å². The summed E-state index contributed by atoms with van der Waals surface area (Å²) in [7, 11) is 0. The van der Waals surface area contributed by atoms with Crippen molar-refractivity contribution in [3.63, 3.8) is 0 Å². The minimum absolute atomic E-state index is 0.393. The number of rotatable bonds is 4. The van der Waals surface area contributed by atoms with Crippen molar-refractivity contribution in [2.24, 2.45) is 0 Å². The van der Waals surface area contributed by atoms with Crippen LogP contribution in [0.2, 0.25) is 0 Å². The molecule has 24 heavy (non-hydrogen) atoms. The molecule has 0 aliphatic heterocycles. The van der Waals surface area contributed by atoms with Gasteiger partial charge in [-0.25, -0.2) is 22.4 Å². The molecule has 3 nitrogen and oxygen atoms in total. The summed E-state index contributed by atoms with van der Waals surface area (Å²) in [6.45, 7) is 3.21. The van der Waals surface area contributed by atoms with E-state index < -0.39 is 41.4 Å². The van der Waals surface area contributed by atoms with Crippen molar-refractivity contribution < 1.29 is 22.4 Å². The monoisotopic (exact) mass is 340 g/mol. The lowest BCUT2D eigenvalue weighted by Crippen LogP contribution is -2.38. The van der Waals surface area contributed by atoms with Crippen LogP contribution in [-0.2, 0) is 0 Å². The molecule has 2 aromatic carbocycles. The maximum atomic E-state index is 13.2. The topological polar surface area (TPSA) is 41.1 Å². The first-order valence-corrected chi connectivity index (χ1v) is 7.25. The van der Waals surface area contributed by atoms with Gasteiger partial charge in [0.25, 0.3) is 0 Å². The van der Waals surface area contributed by atoms with Crippen LogP contribution in [0, 0.1) is 23.3 Å². The fraction of sp³-hybridized carbons (Fsp3) is 0.235. The van der Waals surface area contributed by atoms with Gasteiger partial charge in [-0.2, -0.15) is 0 Å². The maximum absolute atomic E-state index is 13.2. The van der Waals surface area contributed by atoms with Gasteiger partial charge in [0.05, 0.1) is 12.1 Å². The molecule has 0 aromatic heterocycles. The fourth-order valence-corrected chi connectivity index (χ4v) is 2.17. The molecule has 2 aromatic rings. The molecule has 2 atom stereocenters. The number of carbonyl (C=O) groups is 1. The van der Waals surface area contributed by atoms with Crippen LogP contribution in [-0.4, -0.2) is 6.03 Å². The molecule has 2 N–H and O–H groups in total. The van der Waals surface area contributed by atoms with E-state index in [4.69, 9.17) is 0 Å². The Morgan fingerprint density at radius 1 is 0.750 bits per heavy atom. The normalized spacial score (nSPS) is 13.2. The van der Waals surface area contributed by atoms with Crippen molar-refractivity contribution in [1.29, 1.82) is 0 Å². The third-order valence-electron chi connectivity index (χ3n) is 3.58. The maximum Gasteiger partial charge on any atom is 0.315 e. The molecule has 7 heteroatoms. The molecule has 0 radical (unpaired) electrons. The first-order chi connectivity index (χ1) is 11.3. The third kappa shape index (κ3) is 4.24. The van der Waals surface area contributed by atoms with Crippen LogP contribution in [0.3, 0.4) is 0 Å². The second-order valence-electron chi connectivity index (χ2n) is 5.41. The molecule has 0 heterocycles. The zero-order valence-electron chi connectivity index (χ0n) is 13.0. The second kappa shape index (κ2) is 7.33. The molecular weight excluding hydrogens is 324 g/mol. The van der Waals surface area contributed by atoms with Crippen LogP contribution < -0.4 is 10.6 Å². The number of nitrogens with one attached hydrogen (secondary N) is 2. The van der Waals surface area contributed by atoms with Crippen LogP contribution in [0.15, 0.2) is 36.4 Å². The van der Waals surface area contributed by atoms with E-state index in [9.17, 15) is 22.4 Å². The summed E-state index contributed by atoms with van der Waals surface area (Å²) in [5.41, 5.74) is 0.786. The van der Waals surface area contributed by atoms with Crippen LogP contribution in [0.5, 0.6) is 0 Å². The van der Waals surface area contributed by atoms with Gasteiger partial charge in [-0.1, -0.05) is 12.1 Å². The Bertz CT molecular complexity index is 690. The van der Waals surface area contributed by atoms with Crippen molar-refractivity contribution in [2.45, 2.75) is 25.9 Å². The minimum Gasteiger partial charge on any atom is -0.332 e. The smallest absolute Gasteiger partial charge is 0.315 e. The van der Waals surface area contributed by atoms with E-state index in [1.54, 1.807) is 13.8 Å². The van der Waals surface area contributed by atoms with Crippen LogP contribution in [0.1, 0.15) is 37.1 Å². The highest BCUT2D eigenvalue weighted by molar-refractivity contribution is 5.74. The van der Waals surface area contributed by atoms with Crippen molar-refractivity contribution in [3.05, 3.63) is 70.8 Å². The van der Waals surface area contributed by atoms with E-state index in [2.05, 4.69) is 10.6 Å². The number of urea groups is 1. The molecule has 128 valence electrons. The summed E-state index contributed by atoms with van der Waals surface area (Å²) in [4.78, 5) is 12.0. The number of carbonyl (C=O) groups excluding carboxylic acids is 1. The number of hydrogen-bond donors (Lipinski definition) is 2. The molecule has 2 rings (SSSR count). The van der Waals surface area contributed by atoms with Crippen LogP contribution in [0.25, 0.3) is 0 Å². The number of benzene rings is 2. The zero-order valence-corrected chi connectivity index (χ0v) is 13.0. The molecule has 0 aliphatic carbocycles. The predicted octanol–water partition coefficient (Wildman–Crippen LogP) is 4.36. The molecule has 0 unspecified atom stereocenters. The van der Waals surface area contributed by atoms with Gasteiger partial charge in [0, 0.05) is 0 Å². The predicted molar refractivity (Wildman–Crippen MR) is 81.2 cm³/mol. The first-order valence-electron chi connectivity index (χ1n) is 7.25. The van der Waals surface area contributed by atoms with Gasteiger partial charge in [-0.3, -0.25) is 0 Å². The average Bonchev–Trinajstić information content (AvgIpc) is 2.52. The molecule has 0 spiro atoms. The van der Waals surface area contributed by atoms with E-state index in [-0.39, 0.29) is 0 Å². The SMILES string of the molecule is C[C@@H](NC(=O)N[C@H](C)c1ccc(F)c(F)c1)c1ccc(F)c(F)c1.